The predicted molar refractivity (Wildman–Crippen MR) is 108 cm³/mol. The summed E-state index contributed by atoms with van der Waals surface area (Å²) < 4.78 is 2.10. The molecule has 2 aromatic carbocycles. The highest BCUT2D eigenvalue weighted by molar-refractivity contribution is 7.12. The average Bonchev–Trinajstić information content (AvgIpc) is 3.34. The molecule has 0 spiro atoms. The summed E-state index contributed by atoms with van der Waals surface area (Å²) in [7, 11) is 0. The number of fused-ring (bicyclic) bond motifs is 1. The van der Waals surface area contributed by atoms with Gasteiger partial charge in [0.25, 0.3) is 0 Å². The summed E-state index contributed by atoms with van der Waals surface area (Å²) in [6, 6.07) is 18.1. The third kappa shape index (κ3) is 3.44. The Morgan fingerprint density at radius 3 is 2.67 bits per heavy atom. The van der Waals surface area contributed by atoms with Crippen LogP contribution in [0, 0.1) is 0 Å². The van der Waals surface area contributed by atoms with Crippen molar-refractivity contribution in [2.24, 2.45) is 0 Å². The zero-order valence-electron chi connectivity index (χ0n) is 15.0. The van der Waals surface area contributed by atoms with E-state index in [1.165, 1.54) is 16.9 Å². The normalized spacial score (nSPS) is 12.4. The van der Waals surface area contributed by atoms with Crippen molar-refractivity contribution >= 4 is 28.0 Å². The maximum atomic E-state index is 13.1. The number of aliphatic hydroxyl groups is 1. The Morgan fingerprint density at radius 1 is 1.15 bits per heavy atom. The summed E-state index contributed by atoms with van der Waals surface area (Å²) >= 11 is 1.29. The zero-order chi connectivity index (χ0) is 18.8. The van der Waals surface area contributed by atoms with Crippen molar-refractivity contribution < 1.29 is 9.90 Å². The Hall–Kier alpha value is -2.76. The number of rotatable bonds is 6. The number of ketones is 1. The summed E-state index contributed by atoms with van der Waals surface area (Å²) in [5, 5.41) is 13.1. The van der Waals surface area contributed by atoms with E-state index >= 15 is 0 Å². The lowest BCUT2D eigenvalue weighted by molar-refractivity contribution is 0.103. The van der Waals surface area contributed by atoms with Crippen molar-refractivity contribution in [1.29, 1.82) is 0 Å². The SMILES string of the molecule is CC[C@H](O)c1csc(C(=O)c2cn(Cc3ccccc3)c3ccccc23)n1. The van der Waals surface area contributed by atoms with Gasteiger partial charge in [0.2, 0.25) is 5.78 Å². The van der Waals surface area contributed by atoms with Crippen molar-refractivity contribution in [1.82, 2.24) is 9.55 Å². The number of aliphatic hydroxyl groups excluding tert-OH is 1. The van der Waals surface area contributed by atoms with Crippen molar-refractivity contribution in [3.63, 3.8) is 0 Å². The summed E-state index contributed by atoms with van der Waals surface area (Å²) in [6.07, 6.45) is 1.87. The van der Waals surface area contributed by atoms with Crippen LogP contribution in [-0.4, -0.2) is 20.4 Å². The Morgan fingerprint density at radius 2 is 1.89 bits per heavy atom. The van der Waals surface area contributed by atoms with Crippen molar-refractivity contribution in [2.45, 2.75) is 26.0 Å². The molecular weight excluding hydrogens is 356 g/mol. The molecule has 0 fully saturated rings. The van der Waals surface area contributed by atoms with Crippen LogP contribution in [0.3, 0.4) is 0 Å². The molecular formula is C22H20N2O2S. The van der Waals surface area contributed by atoms with Gasteiger partial charge >= 0.3 is 0 Å². The molecule has 136 valence electrons. The van der Waals surface area contributed by atoms with E-state index < -0.39 is 6.10 Å². The van der Waals surface area contributed by atoms with E-state index in [1.807, 2.05) is 55.6 Å². The first kappa shape index (κ1) is 17.6. The Bertz CT molecular complexity index is 1080. The predicted octanol–water partition coefficient (Wildman–Crippen LogP) is 4.82. The Labute approximate surface area is 161 Å². The van der Waals surface area contributed by atoms with Gasteiger partial charge in [-0.25, -0.2) is 4.98 Å². The molecule has 0 aliphatic heterocycles. The van der Waals surface area contributed by atoms with Crippen LogP contribution in [0.25, 0.3) is 10.9 Å². The smallest absolute Gasteiger partial charge is 0.223 e. The molecule has 0 amide bonds. The highest BCUT2D eigenvalue weighted by Crippen LogP contribution is 2.27. The molecule has 0 aliphatic rings. The fourth-order valence-corrected chi connectivity index (χ4v) is 4.02. The molecule has 1 N–H and O–H groups in total. The number of aromatic nitrogens is 2. The number of benzene rings is 2. The standard InChI is InChI=1S/C22H20N2O2S/c1-2-20(25)18-14-27-22(23-18)21(26)17-13-24(12-15-8-4-3-5-9-15)19-11-7-6-10-16(17)19/h3-11,13-14,20,25H,2,12H2,1H3/t20-/m0/s1. The third-order valence-corrected chi connectivity index (χ3v) is 5.53. The van der Waals surface area contributed by atoms with Gasteiger partial charge in [-0.1, -0.05) is 55.5 Å². The zero-order valence-corrected chi connectivity index (χ0v) is 15.8. The van der Waals surface area contributed by atoms with Crippen LogP contribution in [0.2, 0.25) is 0 Å². The van der Waals surface area contributed by atoms with Crippen molar-refractivity contribution in [2.75, 3.05) is 0 Å². The Kier molecular flexibility index (Phi) is 4.88. The van der Waals surface area contributed by atoms with Gasteiger partial charge in [-0.05, 0) is 18.1 Å². The summed E-state index contributed by atoms with van der Waals surface area (Å²) in [4.78, 5) is 17.5. The highest BCUT2D eigenvalue weighted by Gasteiger charge is 2.21. The Balaban J connectivity index is 1.73. The van der Waals surface area contributed by atoms with E-state index in [0.717, 1.165) is 10.9 Å². The lowest BCUT2D eigenvalue weighted by Gasteiger charge is -2.05. The van der Waals surface area contributed by atoms with Gasteiger partial charge in [-0.2, -0.15) is 0 Å². The lowest BCUT2D eigenvalue weighted by Crippen LogP contribution is -2.03. The molecule has 0 saturated heterocycles. The number of hydrogen-bond acceptors (Lipinski definition) is 4. The van der Waals surface area contributed by atoms with E-state index in [1.54, 1.807) is 5.38 Å². The molecule has 1 atom stereocenters. The van der Waals surface area contributed by atoms with E-state index in [-0.39, 0.29) is 5.78 Å². The summed E-state index contributed by atoms with van der Waals surface area (Å²) in [6.45, 7) is 2.59. The first-order chi connectivity index (χ1) is 13.2. The second-order valence-electron chi connectivity index (χ2n) is 6.50. The van der Waals surface area contributed by atoms with Gasteiger partial charge in [0.05, 0.1) is 17.4 Å². The number of thiazole rings is 1. The number of hydrogen-bond donors (Lipinski definition) is 1. The lowest BCUT2D eigenvalue weighted by atomic mass is 10.1. The van der Waals surface area contributed by atoms with Crippen LogP contribution >= 0.6 is 11.3 Å². The summed E-state index contributed by atoms with van der Waals surface area (Å²) in [5.74, 6) is -0.0995. The molecule has 5 heteroatoms. The van der Waals surface area contributed by atoms with Crippen molar-refractivity contribution in [3.8, 4) is 0 Å². The molecule has 2 aromatic heterocycles. The second kappa shape index (κ2) is 7.47. The molecule has 0 bridgehead atoms. The van der Waals surface area contributed by atoms with E-state index in [2.05, 4.69) is 21.7 Å². The second-order valence-corrected chi connectivity index (χ2v) is 7.36. The van der Waals surface area contributed by atoms with E-state index in [4.69, 9.17) is 0 Å². The maximum Gasteiger partial charge on any atom is 0.223 e. The quantitative estimate of drug-likeness (QED) is 0.491. The fourth-order valence-electron chi connectivity index (χ4n) is 3.21. The van der Waals surface area contributed by atoms with E-state index in [9.17, 15) is 9.90 Å². The van der Waals surface area contributed by atoms with Gasteiger partial charge in [-0.15, -0.1) is 11.3 Å². The van der Waals surface area contributed by atoms with Gasteiger partial charge in [0.1, 0.15) is 0 Å². The number of nitrogens with zero attached hydrogens (tertiary/aromatic N) is 2. The average molecular weight is 376 g/mol. The molecule has 4 nitrogen and oxygen atoms in total. The number of para-hydroxylation sites is 1. The monoisotopic (exact) mass is 376 g/mol. The molecule has 4 aromatic rings. The molecule has 0 saturated carbocycles. The van der Waals surface area contributed by atoms with Gasteiger partial charge in [-0.3, -0.25) is 4.79 Å². The first-order valence-electron chi connectivity index (χ1n) is 8.97. The van der Waals surface area contributed by atoms with Gasteiger partial charge < -0.3 is 9.67 Å². The summed E-state index contributed by atoms with van der Waals surface area (Å²) in [5.41, 5.74) is 3.42. The van der Waals surface area contributed by atoms with Crippen LogP contribution in [0.15, 0.2) is 66.2 Å². The molecule has 4 rings (SSSR count). The van der Waals surface area contributed by atoms with Crippen LogP contribution in [0.5, 0.6) is 0 Å². The fraction of sp³-hybridized carbons (Fsp3) is 0.182. The van der Waals surface area contributed by atoms with Gasteiger partial charge in [0.15, 0.2) is 5.01 Å². The van der Waals surface area contributed by atoms with E-state index in [0.29, 0.717) is 29.2 Å². The van der Waals surface area contributed by atoms with Gasteiger partial charge in [0, 0.05) is 29.0 Å². The minimum Gasteiger partial charge on any atom is -0.387 e. The molecule has 0 unspecified atom stereocenters. The van der Waals surface area contributed by atoms with Crippen LogP contribution in [-0.2, 0) is 6.54 Å². The molecule has 0 radical (unpaired) electrons. The highest BCUT2D eigenvalue weighted by atomic mass is 32.1. The van der Waals surface area contributed by atoms with Crippen LogP contribution in [0.1, 0.15) is 46.1 Å². The third-order valence-electron chi connectivity index (χ3n) is 4.67. The van der Waals surface area contributed by atoms with Crippen molar-refractivity contribution in [3.05, 3.63) is 88.0 Å². The number of carbonyl (C=O) groups excluding carboxylic acids is 1. The largest absolute Gasteiger partial charge is 0.387 e. The maximum absolute atomic E-state index is 13.1. The van der Waals surface area contributed by atoms with Crippen LogP contribution < -0.4 is 0 Å². The minimum atomic E-state index is -0.623. The molecule has 27 heavy (non-hydrogen) atoms. The van der Waals surface area contributed by atoms with Crippen LogP contribution in [0.4, 0.5) is 0 Å². The molecule has 2 heterocycles. The molecule has 0 aliphatic carbocycles. The number of carbonyl (C=O) groups is 1. The topological polar surface area (TPSA) is 55.1 Å². The minimum absolute atomic E-state index is 0.0995. The first-order valence-corrected chi connectivity index (χ1v) is 9.85.